The van der Waals surface area contributed by atoms with Crippen LogP contribution >= 0.6 is 0 Å². The molecule has 2 aliphatic heterocycles. The second kappa shape index (κ2) is 15.8. The molecule has 1 aromatic heterocycles. The summed E-state index contributed by atoms with van der Waals surface area (Å²) in [5.74, 6) is -2.60. The molecule has 0 spiro atoms. The van der Waals surface area contributed by atoms with Crippen LogP contribution in [0.3, 0.4) is 0 Å². The Balaban J connectivity index is 1.28. The number of piperazine rings is 1. The topological polar surface area (TPSA) is 188 Å². The molecule has 5 rings (SSSR count). The molecule has 3 aliphatic rings. The average molecular weight is 667 g/mol. The highest BCUT2D eigenvalue weighted by Crippen LogP contribution is 2.27. The first kappa shape index (κ1) is 34.4. The monoisotopic (exact) mass is 666 g/mol. The van der Waals surface area contributed by atoms with Crippen molar-refractivity contribution in [3.8, 4) is 5.75 Å². The van der Waals surface area contributed by atoms with Crippen molar-refractivity contribution in [1.82, 2.24) is 30.3 Å². The quantitative estimate of drug-likeness (QED) is 0.300. The van der Waals surface area contributed by atoms with E-state index in [4.69, 9.17) is 9.47 Å². The minimum Gasteiger partial charge on any atom is -0.483 e. The van der Waals surface area contributed by atoms with Crippen molar-refractivity contribution in [2.75, 3.05) is 45.9 Å². The number of carbonyl (C=O) groups excluding carboxylic acids is 5. The number of fused-ring (bicyclic) bond motifs is 1. The Hall–Kier alpha value is -4.95. The summed E-state index contributed by atoms with van der Waals surface area (Å²) in [6.07, 6.45) is 3.11. The molecule has 0 unspecified atom stereocenters. The Bertz CT molecular complexity index is 1540. The Morgan fingerprint density at radius 2 is 1.71 bits per heavy atom. The van der Waals surface area contributed by atoms with Gasteiger partial charge >= 0.3 is 12.1 Å². The number of benzene rings is 1. The van der Waals surface area contributed by atoms with Gasteiger partial charge in [0.1, 0.15) is 23.5 Å². The number of nitrogens with one attached hydrogen (secondary N) is 2. The van der Waals surface area contributed by atoms with Gasteiger partial charge in [0.15, 0.2) is 6.61 Å². The van der Waals surface area contributed by atoms with Crippen molar-refractivity contribution < 1.29 is 43.3 Å². The van der Waals surface area contributed by atoms with Gasteiger partial charge in [-0.1, -0.05) is 12.1 Å². The molecule has 0 bridgehead atoms. The zero-order valence-electron chi connectivity index (χ0n) is 27.0. The van der Waals surface area contributed by atoms with E-state index >= 15 is 0 Å². The smallest absolute Gasteiger partial charge is 0.409 e. The lowest BCUT2D eigenvalue weighted by Gasteiger charge is -2.35. The molecule has 3 heterocycles. The molecule has 2 atom stereocenters. The number of hydrogen-bond acceptors (Lipinski definition) is 9. The number of nitrogens with zero attached hydrogens (tertiary/aromatic N) is 4. The van der Waals surface area contributed by atoms with Crippen molar-refractivity contribution >= 4 is 46.6 Å². The molecule has 2 aromatic rings. The van der Waals surface area contributed by atoms with Crippen molar-refractivity contribution in [3.05, 3.63) is 36.0 Å². The van der Waals surface area contributed by atoms with Crippen LogP contribution in [0, 0.1) is 0 Å². The van der Waals surface area contributed by atoms with Crippen LogP contribution in [-0.2, 0) is 23.9 Å². The Kier molecular flexibility index (Phi) is 11.3. The van der Waals surface area contributed by atoms with Gasteiger partial charge in [-0.2, -0.15) is 0 Å². The van der Waals surface area contributed by atoms with Crippen LogP contribution in [0.15, 0.2) is 30.3 Å². The van der Waals surface area contributed by atoms with Crippen molar-refractivity contribution in [2.45, 2.75) is 70.0 Å². The second-order valence-corrected chi connectivity index (χ2v) is 12.2. The molecule has 258 valence electrons. The van der Waals surface area contributed by atoms with E-state index in [0.717, 1.165) is 25.7 Å². The molecule has 2 saturated heterocycles. The van der Waals surface area contributed by atoms with Gasteiger partial charge in [0, 0.05) is 56.6 Å². The molecule has 0 radical (unpaired) electrons. The lowest BCUT2D eigenvalue weighted by molar-refractivity contribution is -0.143. The number of aromatic nitrogens is 1. The highest BCUT2D eigenvalue weighted by molar-refractivity contribution is 5.99. The van der Waals surface area contributed by atoms with E-state index in [0.29, 0.717) is 23.9 Å². The predicted octanol–water partition coefficient (Wildman–Crippen LogP) is 1.54. The van der Waals surface area contributed by atoms with Crippen LogP contribution in [-0.4, -0.2) is 125 Å². The van der Waals surface area contributed by atoms with Gasteiger partial charge in [0.05, 0.1) is 12.1 Å². The van der Waals surface area contributed by atoms with Crippen LogP contribution < -0.4 is 15.4 Å². The molecule has 48 heavy (non-hydrogen) atoms. The largest absolute Gasteiger partial charge is 0.483 e. The van der Waals surface area contributed by atoms with E-state index in [1.54, 1.807) is 36.1 Å². The third-order valence-corrected chi connectivity index (χ3v) is 8.68. The number of likely N-dealkylation sites (tertiary alicyclic amines) is 1. The second-order valence-electron chi connectivity index (χ2n) is 12.2. The maximum Gasteiger partial charge on any atom is 0.409 e. The molecule has 15 nitrogen and oxygen atoms in total. The molecule has 1 aliphatic carbocycles. The Morgan fingerprint density at radius 1 is 0.979 bits per heavy atom. The Morgan fingerprint density at radius 3 is 2.42 bits per heavy atom. The third-order valence-electron chi connectivity index (χ3n) is 8.68. The zero-order chi connectivity index (χ0) is 34.2. The van der Waals surface area contributed by atoms with Crippen molar-refractivity contribution in [1.29, 1.82) is 0 Å². The number of ether oxygens (including phenoxy) is 2. The summed E-state index contributed by atoms with van der Waals surface area (Å²) < 4.78 is 11.0. The lowest BCUT2D eigenvalue weighted by Crippen LogP contribution is -2.56. The summed E-state index contributed by atoms with van der Waals surface area (Å²) in [6.45, 7) is 2.87. The molecular formula is C33H42N6O9. The first-order chi connectivity index (χ1) is 23.1. The van der Waals surface area contributed by atoms with E-state index in [1.165, 1.54) is 15.9 Å². The fourth-order valence-electron chi connectivity index (χ4n) is 5.93. The maximum absolute atomic E-state index is 13.6. The van der Waals surface area contributed by atoms with Gasteiger partial charge in [-0.15, -0.1) is 0 Å². The lowest BCUT2D eigenvalue weighted by atomic mass is 10.0. The number of carbonyl (C=O) groups is 6. The van der Waals surface area contributed by atoms with Gasteiger partial charge in [0.25, 0.3) is 11.8 Å². The summed E-state index contributed by atoms with van der Waals surface area (Å²) in [5, 5.41) is 15.5. The van der Waals surface area contributed by atoms with E-state index in [9.17, 15) is 33.9 Å². The molecule has 3 fully saturated rings. The number of aliphatic carboxylic acids is 1. The van der Waals surface area contributed by atoms with E-state index in [2.05, 4.69) is 15.6 Å². The zero-order valence-corrected chi connectivity index (χ0v) is 27.0. The summed E-state index contributed by atoms with van der Waals surface area (Å²) in [5.41, 5.74) is 0.326. The number of rotatable bonds is 12. The first-order valence-corrected chi connectivity index (χ1v) is 16.5. The summed E-state index contributed by atoms with van der Waals surface area (Å²) >= 11 is 0. The molecule has 1 saturated carbocycles. The normalized spacial score (nSPS) is 18.5. The van der Waals surface area contributed by atoms with Crippen LogP contribution in [0.5, 0.6) is 5.75 Å². The Labute approximate surface area is 277 Å². The number of carboxylic acids is 1. The van der Waals surface area contributed by atoms with Crippen LogP contribution in [0.25, 0.3) is 10.9 Å². The number of pyridine rings is 1. The number of piperidine rings is 1. The minimum atomic E-state index is -1.17. The maximum atomic E-state index is 13.6. The SMILES string of the molecule is CCOC(=O)N1CCN(C(=O)[C@H](CCC(=O)O)NC(=O)c2cc(OCC(=O)N3CCCC[C@@H]3C(=O)NC3CC3)c3ccccc3n2)CC1. The van der Waals surface area contributed by atoms with E-state index in [1.807, 2.05) is 0 Å². The number of para-hydroxylation sites is 1. The molecule has 3 N–H and O–H groups in total. The summed E-state index contributed by atoms with van der Waals surface area (Å²) in [4.78, 5) is 85.7. The molecule has 1 aromatic carbocycles. The van der Waals surface area contributed by atoms with Gasteiger partial charge in [0.2, 0.25) is 11.8 Å². The van der Waals surface area contributed by atoms with Crippen molar-refractivity contribution in [2.24, 2.45) is 0 Å². The van der Waals surface area contributed by atoms with Gasteiger partial charge < -0.3 is 39.9 Å². The van der Waals surface area contributed by atoms with Crippen molar-refractivity contribution in [3.63, 3.8) is 0 Å². The van der Waals surface area contributed by atoms with Crippen LogP contribution in [0.2, 0.25) is 0 Å². The fraction of sp³-hybridized carbons (Fsp3) is 0.545. The van der Waals surface area contributed by atoms with Gasteiger partial charge in [-0.05, 0) is 57.6 Å². The molecule has 15 heteroatoms. The minimum absolute atomic E-state index is 0.0870. The van der Waals surface area contributed by atoms with Gasteiger partial charge in [-0.3, -0.25) is 24.0 Å². The molecular weight excluding hydrogens is 624 g/mol. The standard InChI is InChI=1S/C33H42N6O9/c1-2-47-33(46)38-17-15-37(16-18-38)32(45)24(12-13-29(41)42)36-30(43)25-19-27(22-7-3-4-8-23(22)35-25)48-20-28(40)39-14-6-5-9-26(39)31(44)34-21-10-11-21/h3-4,7-8,19,21,24,26H,2,5-6,9-18,20H2,1H3,(H,34,44)(H,36,43)(H,41,42)/t24-,26+/m0/s1. The number of amides is 5. The average Bonchev–Trinajstić information content (AvgIpc) is 3.92. The predicted molar refractivity (Wildman–Crippen MR) is 171 cm³/mol. The first-order valence-electron chi connectivity index (χ1n) is 16.5. The fourth-order valence-corrected chi connectivity index (χ4v) is 5.93. The highest BCUT2D eigenvalue weighted by Gasteiger charge is 2.35. The summed E-state index contributed by atoms with van der Waals surface area (Å²) in [6, 6.07) is 6.77. The van der Waals surface area contributed by atoms with Gasteiger partial charge in [-0.25, -0.2) is 9.78 Å². The molecule has 5 amide bonds. The highest BCUT2D eigenvalue weighted by atomic mass is 16.6. The summed E-state index contributed by atoms with van der Waals surface area (Å²) in [7, 11) is 0. The number of carboxylic acid groups (broad SMARTS) is 1. The third kappa shape index (κ3) is 8.69. The van der Waals surface area contributed by atoms with E-state index in [-0.39, 0.29) is 81.5 Å². The van der Waals surface area contributed by atoms with E-state index < -0.39 is 36.0 Å². The van der Waals surface area contributed by atoms with Crippen LogP contribution in [0.4, 0.5) is 4.79 Å². The van der Waals surface area contributed by atoms with Crippen LogP contribution in [0.1, 0.15) is 62.4 Å². The number of hydrogen-bond donors (Lipinski definition) is 3.